The summed E-state index contributed by atoms with van der Waals surface area (Å²) in [5.41, 5.74) is 6.29. The van der Waals surface area contributed by atoms with Gasteiger partial charge < -0.3 is 14.8 Å². The first kappa shape index (κ1) is 17.3. The minimum absolute atomic E-state index is 0.0555. The Morgan fingerprint density at radius 2 is 1.96 bits per heavy atom. The van der Waals surface area contributed by atoms with Gasteiger partial charge in [-0.05, 0) is 49.2 Å². The second kappa shape index (κ2) is 6.27. The summed E-state index contributed by atoms with van der Waals surface area (Å²) in [4.78, 5) is 1.22. The summed E-state index contributed by atoms with van der Waals surface area (Å²) in [7, 11) is 1.74. The zero-order valence-electron chi connectivity index (χ0n) is 16.0. The third-order valence-electron chi connectivity index (χ3n) is 5.18. The van der Waals surface area contributed by atoms with Crippen molar-refractivity contribution in [3.8, 4) is 11.5 Å². The van der Waals surface area contributed by atoms with Gasteiger partial charge in [-0.15, -0.1) is 11.8 Å². The first-order chi connectivity index (χ1) is 12.4. The van der Waals surface area contributed by atoms with Crippen molar-refractivity contribution in [2.45, 2.75) is 44.1 Å². The van der Waals surface area contributed by atoms with Crippen molar-refractivity contribution in [1.82, 2.24) is 0 Å². The van der Waals surface area contributed by atoms with E-state index in [0.717, 1.165) is 22.9 Å². The summed E-state index contributed by atoms with van der Waals surface area (Å²) in [6, 6.07) is 12.7. The highest BCUT2D eigenvalue weighted by Gasteiger charge is 2.38. The average molecular weight is 368 g/mol. The molecule has 0 radical (unpaired) electrons. The van der Waals surface area contributed by atoms with E-state index >= 15 is 0 Å². The van der Waals surface area contributed by atoms with Crippen molar-refractivity contribution < 1.29 is 9.47 Å². The number of fused-ring (bicyclic) bond motifs is 3. The quantitative estimate of drug-likeness (QED) is 0.753. The van der Waals surface area contributed by atoms with E-state index in [2.05, 4.69) is 63.3 Å². The molecule has 0 atom stereocenters. The molecule has 1 N–H and O–H groups in total. The highest BCUT2D eigenvalue weighted by Crippen LogP contribution is 2.52. The number of rotatable bonds is 3. The van der Waals surface area contributed by atoms with Crippen LogP contribution < -0.4 is 14.8 Å². The smallest absolute Gasteiger partial charge is 0.133 e. The molecule has 0 spiro atoms. The van der Waals surface area contributed by atoms with Gasteiger partial charge in [-0.25, -0.2) is 0 Å². The molecule has 0 aliphatic carbocycles. The minimum Gasteiger partial charge on any atom is -0.496 e. The molecule has 0 saturated heterocycles. The molecule has 2 aliphatic heterocycles. The summed E-state index contributed by atoms with van der Waals surface area (Å²) in [5, 5.41) is 3.70. The maximum Gasteiger partial charge on any atom is 0.133 e. The monoisotopic (exact) mass is 367 g/mol. The van der Waals surface area contributed by atoms with E-state index in [4.69, 9.17) is 9.47 Å². The summed E-state index contributed by atoms with van der Waals surface area (Å²) in [6.45, 7) is 8.75. The van der Waals surface area contributed by atoms with Gasteiger partial charge in [0.05, 0.1) is 18.1 Å². The molecule has 2 aromatic rings. The van der Waals surface area contributed by atoms with Crippen LogP contribution in [0.15, 0.2) is 46.9 Å². The van der Waals surface area contributed by atoms with Crippen LogP contribution in [0.3, 0.4) is 0 Å². The third-order valence-corrected chi connectivity index (χ3v) is 6.32. The van der Waals surface area contributed by atoms with Crippen LogP contribution in [0, 0.1) is 0 Å². The van der Waals surface area contributed by atoms with Crippen molar-refractivity contribution in [2.75, 3.05) is 18.2 Å². The molecule has 26 heavy (non-hydrogen) atoms. The van der Waals surface area contributed by atoms with Gasteiger partial charge in [-0.3, -0.25) is 0 Å². The number of anilines is 1. The lowest BCUT2D eigenvalue weighted by Crippen LogP contribution is -2.31. The number of nitrogens with one attached hydrogen (secondary N) is 1. The molecule has 3 nitrogen and oxygen atoms in total. The van der Waals surface area contributed by atoms with Crippen molar-refractivity contribution in [3.63, 3.8) is 0 Å². The van der Waals surface area contributed by atoms with E-state index in [-0.39, 0.29) is 11.5 Å². The molecular weight excluding hydrogens is 342 g/mol. The predicted octanol–water partition coefficient (Wildman–Crippen LogP) is 5.70. The number of hydrogen-bond donors (Lipinski definition) is 1. The first-order valence-electron chi connectivity index (χ1n) is 9.04. The van der Waals surface area contributed by atoms with Crippen LogP contribution in [-0.4, -0.2) is 19.0 Å². The molecule has 4 heteroatoms. The molecule has 2 aliphatic rings. The fourth-order valence-corrected chi connectivity index (χ4v) is 5.24. The Balaban J connectivity index is 1.83. The van der Waals surface area contributed by atoms with Gasteiger partial charge in [-0.1, -0.05) is 26.0 Å². The number of hydrogen-bond acceptors (Lipinski definition) is 4. The van der Waals surface area contributed by atoms with Crippen LogP contribution in [0.4, 0.5) is 5.69 Å². The molecule has 0 fully saturated rings. The van der Waals surface area contributed by atoms with Crippen molar-refractivity contribution in [2.24, 2.45) is 0 Å². The lowest BCUT2D eigenvalue weighted by atomic mass is 9.73. The van der Waals surface area contributed by atoms with E-state index in [1.165, 1.54) is 27.3 Å². The molecule has 0 amide bonds. The van der Waals surface area contributed by atoms with E-state index in [1.54, 1.807) is 7.11 Å². The predicted molar refractivity (Wildman–Crippen MR) is 109 cm³/mol. The largest absolute Gasteiger partial charge is 0.496 e. The van der Waals surface area contributed by atoms with Crippen LogP contribution in [0.1, 0.15) is 38.8 Å². The standard InChI is InChI=1S/C22H25NO2S/c1-13(2)25-14-9-10-18-16(11-14)22(3,4)17-12-26-21-15(20(17)23-18)7-6-8-19(21)24-5/h6-11,13,23H,12H2,1-5H3. The molecule has 136 valence electrons. The minimum atomic E-state index is -0.0555. The Kier molecular flexibility index (Phi) is 4.19. The van der Waals surface area contributed by atoms with Crippen LogP contribution in [-0.2, 0) is 5.41 Å². The van der Waals surface area contributed by atoms with Crippen LogP contribution in [0.25, 0.3) is 5.70 Å². The summed E-state index contributed by atoms with van der Waals surface area (Å²) >= 11 is 1.86. The Morgan fingerprint density at radius 1 is 1.15 bits per heavy atom. The zero-order chi connectivity index (χ0) is 18.5. The fourth-order valence-electron chi connectivity index (χ4n) is 3.83. The van der Waals surface area contributed by atoms with Gasteiger partial charge in [0.1, 0.15) is 11.5 Å². The molecule has 2 heterocycles. The highest BCUT2D eigenvalue weighted by molar-refractivity contribution is 7.99. The maximum absolute atomic E-state index is 5.93. The second-order valence-corrected chi connectivity index (χ2v) is 8.59. The molecule has 0 saturated carbocycles. The van der Waals surface area contributed by atoms with Crippen molar-refractivity contribution >= 4 is 23.1 Å². The lowest BCUT2D eigenvalue weighted by molar-refractivity contribution is 0.242. The van der Waals surface area contributed by atoms with Crippen LogP contribution in [0.2, 0.25) is 0 Å². The Labute approximate surface area is 159 Å². The first-order valence-corrected chi connectivity index (χ1v) is 10.0. The fraction of sp³-hybridized carbons (Fsp3) is 0.364. The van der Waals surface area contributed by atoms with E-state index in [1.807, 2.05) is 17.8 Å². The lowest BCUT2D eigenvalue weighted by Gasteiger charge is -2.40. The maximum atomic E-state index is 5.93. The van der Waals surface area contributed by atoms with E-state index < -0.39 is 0 Å². The van der Waals surface area contributed by atoms with Crippen molar-refractivity contribution in [3.05, 3.63) is 53.1 Å². The van der Waals surface area contributed by atoms with Crippen LogP contribution >= 0.6 is 11.8 Å². The summed E-state index contributed by atoms with van der Waals surface area (Å²) in [5.74, 6) is 2.84. The molecule has 0 unspecified atom stereocenters. The zero-order valence-corrected chi connectivity index (χ0v) is 16.8. The Hall–Kier alpha value is -2.07. The SMILES string of the molecule is COc1cccc2c1SCC1=C2Nc2ccc(OC(C)C)cc2C1(C)C. The Morgan fingerprint density at radius 3 is 2.69 bits per heavy atom. The summed E-state index contributed by atoms with van der Waals surface area (Å²) in [6.07, 6.45) is 0.173. The van der Waals surface area contributed by atoms with Gasteiger partial charge in [0.2, 0.25) is 0 Å². The van der Waals surface area contributed by atoms with E-state index in [9.17, 15) is 0 Å². The molecule has 0 bridgehead atoms. The Bertz CT molecular complexity index is 899. The number of methoxy groups -OCH3 is 1. The third kappa shape index (κ3) is 2.67. The second-order valence-electron chi connectivity index (χ2n) is 7.60. The summed E-state index contributed by atoms with van der Waals surface area (Å²) < 4.78 is 11.5. The molecular formula is C22H25NO2S. The van der Waals surface area contributed by atoms with Gasteiger partial charge >= 0.3 is 0 Å². The number of benzene rings is 2. The van der Waals surface area contributed by atoms with Gasteiger partial charge in [0.25, 0.3) is 0 Å². The molecule has 2 aromatic carbocycles. The van der Waals surface area contributed by atoms with Gasteiger partial charge in [-0.2, -0.15) is 0 Å². The molecule has 0 aromatic heterocycles. The van der Waals surface area contributed by atoms with E-state index in [0.29, 0.717) is 0 Å². The normalized spacial score (nSPS) is 17.2. The van der Waals surface area contributed by atoms with Gasteiger partial charge in [0, 0.05) is 28.1 Å². The van der Waals surface area contributed by atoms with Crippen LogP contribution in [0.5, 0.6) is 11.5 Å². The highest BCUT2D eigenvalue weighted by atomic mass is 32.2. The van der Waals surface area contributed by atoms with Gasteiger partial charge in [0.15, 0.2) is 0 Å². The topological polar surface area (TPSA) is 30.5 Å². The average Bonchev–Trinajstić information content (AvgIpc) is 2.61. The number of ether oxygens (including phenoxy) is 2. The van der Waals surface area contributed by atoms with Crippen molar-refractivity contribution in [1.29, 1.82) is 0 Å². The number of thioether (sulfide) groups is 1. The molecule has 4 rings (SSSR count).